The molecule has 0 bridgehead atoms. The number of nitrogen functional groups attached to an aromatic ring is 1. The van der Waals surface area contributed by atoms with Crippen molar-refractivity contribution >= 4 is 16.5 Å². The van der Waals surface area contributed by atoms with Crippen LogP contribution in [0.1, 0.15) is 27.8 Å². The molecule has 0 radical (unpaired) electrons. The molecule has 0 aliphatic rings. The molecule has 148 valence electrons. The Kier molecular flexibility index (Phi) is 5.78. The van der Waals surface area contributed by atoms with Crippen molar-refractivity contribution in [2.75, 3.05) is 12.8 Å². The Labute approximate surface area is 180 Å². The Balaban J connectivity index is 1.70. The molecule has 4 rings (SSSR count). The zero-order valence-corrected chi connectivity index (χ0v) is 17.4. The third-order valence-electron chi connectivity index (χ3n) is 5.04. The molecule has 30 heavy (non-hydrogen) atoms. The lowest BCUT2D eigenvalue weighted by Gasteiger charge is -2.13. The number of hydrogen-bond donors (Lipinski definition) is 1. The summed E-state index contributed by atoms with van der Waals surface area (Å²) in [7, 11) is 1.70. The fourth-order valence-corrected chi connectivity index (χ4v) is 4.09. The SMILES string of the molecule is COc1ccccc1Cc1ccc(Cc2ccc(C#N)cc2)c(-c2csc(N)n2)c1. The van der Waals surface area contributed by atoms with Crippen molar-refractivity contribution in [3.8, 4) is 23.1 Å². The van der Waals surface area contributed by atoms with E-state index in [9.17, 15) is 0 Å². The topological polar surface area (TPSA) is 71.9 Å². The van der Waals surface area contributed by atoms with E-state index in [2.05, 4.69) is 35.3 Å². The summed E-state index contributed by atoms with van der Waals surface area (Å²) in [6.07, 6.45) is 1.53. The third-order valence-corrected chi connectivity index (χ3v) is 5.71. The maximum absolute atomic E-state index is 9.02. The fraction of sp³-hybridized carbons (Fsp3) is 0.120. The van der Waals surface area contributed by atoms with Gasteiger partial charge in [0, 0.05) is 17.4 Å². The number of anilines is 1. The summed E-state index contributed by atoms with van der Waals surface area (Å²) in [4.78, 5) is 4.52. The molecular weight excluding hydrogens is 390 g/mol. The summed E-state index contributed by atoms with van der Waals surface area (Å²) < 4.78 is 5.51. The lowest BCUT2D eigenvalue weighted by molar-refractivity contribution is 0.410. The molecule has 0 spiro atoms. The van der Waals surface area contributed by atoms with Crippen molar-refractivity contribution in [3.63, 3.8) is 0 Å². The van der Waals surface area contributed by atoms with E-state index in [-0.39, 0.29) is 0 Å². The number of hydrogen-bond acceptors (Lipinski definition) is 5. The van der Waals surface area contributed by atoms with Gasteiger partial charge < -0.3 is 10.5 Å². The molecule has 3 aromatic carbocycles. The Bertz CT molecular complexity index is 1210. The van der Waals surface area contributed by atoms with Crippen molar-refractivity contribution in [2.45, 2.75) is 12.8 Å². The number of rotatable bonds is 6. The summed E-state index contributed by atoms with van der Waals surface area (Å²) in [5.41, 5.74) is 13.2. The quantitative estimate of drug-likeness (QED) is 0.458. The Morgan fingerprint density at radius 1 is 0.967 bits per heavy atom. The van der Waals surface area contributed by atoms with Gasteiger partial charge in [-0.2, -0.15) is 5.26 Å². The largest absolute Gasteiger partial charge is 0.496 e. The molecule has 0 saturated carbocycles. The van der Waals surface area contributed by atoms with Crippen LogP contribution in [-0.4, -0.2) is 12.1 Å². The lowest BCUT2D eigenvalue weighted by Crippen LogP contribution is -1.98. The minimum atomic E-state index is 0.560. The van der Waals surface area contributed by atoms with Crippen molar-refractivity contribution in [3.05, 3.63) is 99.9 Å². The van der Waals surface area contributed by atoms with Crippen LogP contribution in [0.5, 0.6) is 5.75 Å². The summed E-state index contributed by atoms with van der Waals surface area (Å²) in [6, 6.07) is 24.5. The second-order valence-electron chi connectivity index (χ2n) is 7.04. The highest BCUT2D eigenvalue weighted by Gasteiger charge is 2.12. The molecule has 1 heterocycles. The summed E-state index contributed by atoms with van der Waals surface area (Å²) in [5, 5.41) is 11.6. The number of benzene rings is 3. The summed E-state index contributed by atoms with van der Waals surface area (Å²) in [5.74, 6) is 0.888. The van der Waals surface area contributed by atoms with Crippen molar-refractivity contribution in [2.24, 2.45) is 0 Å². The van der Waals surface area contributed by atoms with Gasteiger partial charge >= 0.3 is 0 Å². The first kappa shape index (κ1) is 19.7. The van der Waals surface area contributed by atoms with Gasteiger partial charge in [-0.05, 0) is 52.9 Å². The number of methoxy groups -OCH3 is 1. The monoisotopic (exact) mass is 411 g/mol. The molecule has 0 unspecified atom stereocenters. The van der Waals surface area contributed by atoms with Crippen molar-refractivity contribution < 1.29 is 4.74 Å². The molecule has 0 fully saturated rings. The number of nitrogens with zero attached hydrogens (tertiary/aromatic N) is 2. The van der Waals surface area contributed by atoms with Gasteiger partial charge in [0.15, 0.2) is 5.13 Å². The molecule has 0 saturated heterocycles. The van der Waals surface area contributed by atoms with Gasteiger partial charge in [0.2, 0.25) is 0 Å². The van der Waals surface area contributed by atoms with Crippen LogP contribution in [0.25, 0.3) is 11.3 Å². The van der Waals surface area contributed by atoms with Crippen LogP contribution in [-0.2, 0) is 12.8 Å². The maximum atomic E-state index is 9.02. The standard InChI is InChI=1S/C25H21N3OS/c1-29-24-5-3-2-4-21(24)13-19-10-11-20(12-17-6-8-18(15-26)9-7-17)22(14-19)23-16-30-25(27)28-23/h2-11,14,16H,12-13H2,1H3,(H2,27,28). The van der Waals surface area contributed by atoms with Crippen LogP contribution in [0.2, 0.25) is 0 Å². The van der Waals surface area contributed by atoms with Gasteiger partial charge in [0.1, 0.15) is 5.75 Å². The van der Waals surface area contributed by atoms with Gasteiger partial charge in [0.05, 0.1) is 24.4 Å². The highest BCUT2D eigenvalue weighted by Crippen LogP contribution is 2.31. The number of ether oxygens (including phenoxy) is 1. The molecular formula is C25H21N3OS. The van der Waals surface area contributed by atoms with E-state index in [0.717, 1.165) is 41.0 Å². The summed E-state index contributed by atoms with van der Waals surface area (Å²) in [6.45, 7) is 0. The smallest absolute Gasteiger partial charge is 0.180 e. The average Bonchev–Trinajstić information content (AvgIpc) is 3.22. The molecule has 0 amide bonds. The predicted molar refractivity (Wildman–Crippen MR) is 122 cm³/mol. The highest BCUT2D eigenvalue weighted by molar-refractivity contribution is 7.13. The van der Waals surface area contributed by atoms with Crippen molar-refractivity contribution in [1.82, 2.24) is 4.98 Å². The maximum Gasteiger partial charge on any atom is 0.180 e. The van der Waals surface area contributed by atoms with Crippen LogP contribution >= 0.6 is 11.3 Å². The Morgan fingerprint density at radius 3 is 2.40 bits per heavy atom. The molecule has 1 aromatic heterocycles. The van der Waals surface area contributed by atoms with E-state index in [0.29, 0.717) is 10.7 Å². The normalized spacial score (nSPS) is 10.5. The number of nitriles is 1. The van der Waals surface area contributed by atoms with E-state index >= 15 is 0 Å². The minimum Gasteiger partial charge on any atom is -0.496 e. The average molecular weight is 412 g/mol. The number of para-hydroxylation sites is 1. The Hall–Kier alpha value is -3.62. The van der Waals surface area contributed by atoms with Gasteiger partial charge in [-0.25, -0.2) is 4.98 Å². The first-order chi connectivity index (χ1) is 14.7. The molecule has 0 atom stereocenters. The van der Waals surface area contributed by atoms with Gasteiger partial charge in [-0.15, -0.1) is 11.3 Å². The molecule has 4 nitrogen and oxygen atoms in total. The first-order valence-electron chi connectivity index (χ1n) is 9.60. The third kappa shape index (κ3) is 4.35. The zero-order valence-electron chi connectivity index (χ0n) is 16.6. The van der Waals surface area contributed by atoms with E-state index in [1.54, 1.807) is 7.11 Å². The first-order valence-corrected chi connectivity index (χ1v) is 10.5. The minimum absolute atomic E-state index is 0.560. The van der Waals surface area contributed by atoms with Crippen LogP contribution in [0.15, 0.2) is 72.1 Å². The lowest BCUT2D eigenvalue weighted by atomic mass is 9.93. The van der Waals surface area contributed by atoms with Crippen LogP contribution in [0.4, 0.5) is 5.13 Å². The molecule has 0 aliphatic carbocycles. The second kappa shape index (κ2) is 8.81. The molecule has 5 heteroatoms. The van der Waals surface area contributed by atoms with Crippen LogP contribution in [0, 0.1) is 11.3 Å². The summed E-state index contributed by atoms with van der Waals surface area (Å²) >= 11 is 1.45. The van der Waals surface area contributed by atoms with Gasteiger partial charge in [-0.1, -0.05) is 42.5 Å². The van der Waals surface area contributed by atoms with E-state index in [1.807, 2.05) is 47.8 Å². The van der Waals surface area contributed by atoms with Crippen molar-refractivity contribution in [1.29, 1.82) is 5.26 Å². The highest BCUT2D eigenvalue weighted by atomic mass is 32.1. The fourth-order valence-electron chi connectivity index (χ4n) is 3.52. The van der Waals surface area contributed by atoms with Gasteiger partial charge in [0.25, 0.3) is 0 Å². The molecule has 0 aliphatic heterocycles. The zero-order chi connectivity index (χ0) is 20.9. The van der Waals surface area contributed by atoms with Gasteiger partial charge in [-0.3, -0.25) is 0 Å². The van der Waals surface area contributed by atoms with Crippen LogP contribution in [0.3, 0.4) is 0 Å². The predicted octanol–water partition coefficient (Wildman–Crippen LogP) is 5.45. The van der Waals surface area contributed by atoms with E-state index in [1.165, 1.54) is 22.5 Å². The molecule has 4 aromatic rings. The number of thiazole rings is 1. The van der Waals surface area contributed by atoms with E-state index in [4.69, 9.17) is 15.7 Å². The van der Waals surface area contributed by atoms with Crippen LogP contribution < -0.4 is 10.5 Å². The number of aromatic nitrogens is 1. The molecule has 2 N–H and O–H groups in total. The number of nitrogens with two attached hydrogens (primary N) is 1. The second-order valence-corrected chi connectivity index (χ2v) is 7.93. The Morgan fingerprint density at radius 2 is 1.70 bits per heavy atom. The van der Waals surface area contributed by atoms with E-state index < -0.39 is 0 Å².